The molecular formula is C12H22O. The van der Waals surface area contributed by atoms with Gasteiger partial charge >= 0.3 is 0 Å². The molecule has 0 bridgehead atoms. The molecule has 0 aromatic carbocycles. The third-order valence-electron chi connectivity index (χ3n) is 1.90. The average Bonchev–Trinajstić information content (AvgIpc) is 2.16. The van der Waals surface area contributed by atoms with Crippen molar-refractivity contribution in [2.45, 2.75) is 45.4 Å². The lowest BCUT2D eigenvalue weighted by Gasteiger charge is -1.99. The molecule has 13 heavy (non-hydrogen) atoms. The van der Waals surface area contributed by atoms with Crippen molar-refractivity contribution < 1.29 is 4.74 Å². The first-order chi connectivity index (χ1) is 6.41. The van der Waals surface area contributed by atoms with Gasteiger partial charge in [0.15, 0.2) is 0 Å². The van der Waals surface area contributed by atoms with E-state index in [1.54, 1.807) is 0 Å². The lowest BCUT2D eigenvalue weighted by Crippen LogP contribution is -1.86. The van der Waals surface area contributed by atoms with E-state index in [4.69, 9.17) is 4.74 Å². The number of allylic oxidation sites excluding steroid dienone is 2. The third-order valence-corrected chi connectivity index (χ3v) is 1.90. The van der Waals surface area contributed by atoms with Crippen molar-refractivity contribution in [3.8, 4) is 0 Å². The zero-order valence-corrected chi connectivity index (χ0v) is 8.80. The quantitative estimate of drug-likeness (QED) is 0.297. The second-order valence-electron chi connectivity index (χ2n) is 3.12. The third kappa shape index (κ3) is 11.3. The summed E-state index contributed by atoms with van der Waals surface area (Å²) < 4.78 is 5.03. The van der Waals surface area contributed by atoms with E-state index < -0.39 is 0 Å². The zero-order valence-electron chi connectivity index (χ0n) is 8.80. The second-order valence-corrected chi connectivity index (χ2v) is 3.12. The maximum atomic E-state index is 5.03. The summed E-state index contributed by atoms with van der Waals surface area (Å²) in [4.78, 5) is 0. The highest BCUT2D eigenvalue weighted by atomic mass is 16.5. The highest BCUT2D eigenvalue weighted by molar-refractivity contribution is 4.79. The summed E-state index contributed by atoms with van der Waals surface area (Å²) in [5, 5.41) is 0. The van der Waals surface area contributed by atoms with Gasteiger partial charge in [-0.2, -0.15) is 0 Å². The van der Waals surface area contributed by atoms with E-state index in [1.807, 2.05) is 0 Å². The van der Waals surface area contributed by atoms with Crippen molar-refractivity contribution in [2.75, 3.05) is 6.61 Å². The van der Waals surface area contributed by atoms with Gasteiger partial charge in [-0.25, -0.2) is 0 Å². The molecular weight excluding hydrogens is 160 g/mol. The predicted octanol–water partition coefficient (Wildman–Crippen LogP) is 4.06. The van der Waals surface area contributed by atoms with Crippen LogP contribution in [0.4, 0.5) is 0 Å². The van der Waals surface area contributed by atoms with Crippen molar-refractivity contribution in [3.63, 3.8) is 0 Å². The van der Waals surface area contributed by atoms with E-state index in [0.717, 1.165) is 19.4 Å². The average molecular weight is 182 g/mol. The Bertz CT molecular complexity index is 127. The molecule has 0 aromatic rings. The molecule has 0 heterocycles. The van der Waals surface area contributed by atoms with Crippen LogP contribution in [0.1, 0.15) is 45.4 Å². The summed E-state index contributed by atoms with van der Waals surface area (Å²) in [7, 11) is 0. The fourth-order valence-electron chi connectivity index (χ4n) is 1.17. The Hall–Kier alpha value is -0.720. The summed E-state index contributed by atoms with van der Waals surface area (Å²) in [6, 6.07) is 0. The smallest absolute Gasteiger partial charge is 0.0873 e. The van der Waals surface area contributed by atoms with Crippen LogP contribution in [0.15, 0.2) is 25.0 Å². The van der Waals surface area contributed by atoms with Crippen molar-refractivity contribution in [1.82, 2.24) is 0 Å². The fraction of sp³-hybridized carbons (Fsp3) is 0.667. The first-order valence-corrected chi connectivity index (χ1v) is 5.29. The number of hydrogen-bond donors (Lipinski definition) is 0. The molecule has 0 radical (unpaired) electrons. The molecule has 0 amide bonds. The van der Waals surface area contributed by atoms with E-state index in [-0.39, 0.29) is 0 Å². The van der Waals surface area contributed by atoms with Crippen LogP contribution < -0.4 is 0 Å². The van der Waals surface area contributed by atoms with Crippen molar-refractivity contribution in [1.29, 1.82) is 0 Å². The molecule has 0 aliphatic carbocycles. The molecule has 0 fully saturated rings. The molecule has 0 N–H and O–H groups in total. The van der Waals surface area contributed by atoms with Gasteiger partial charge in [0, 0.05) is 0 Å². The summed E-state index contributed by atoms with van der Waals surface area (Å²) in [5.74, 6) is 0. The highest BCUT2D eigenvalue weighted by Gasteiger charge is 1.88. The molecule has 0 aliphatic rings. The Kier molecular flexibility index (Phi) is 10.7. The molecule has 0 saturated heterocycles. The lowest BCUT2D eigenvalue weighted by molar-refractivity contribution is 0.242. The largest absolute Gasteiger partial charge is 0.502 e. The van der Waals surface area contributed by atoms with Crippen LogP contribution in [0.3, 0.4) is 0 Å². The summed E-state index contributed by atoms with van der Waals surface area (Å²) in [5.41, 5.74) is 0. The second kappa shape index (κ2) is 11.3. The molecule has 1 heteroatoms. The summed E-state index contributed by atoms with van der Waals surface area (Å²) in [6.45, 7) is 6.49. The number of rotatable bonds is 9. The molecule has 0 unspecified atom stereocenters. The van der Waals surface area contributed by atoms with Crippen LogP contribution in [-0.4, -0.2) is 6.61 Å². The molecule has 0 aromatic heterocycles. The molecule has 0 rings (SSSR count). The van der Waals surface area contributed by atoms with E-state index in [9.17, 15) is 0 Å². The Labute approximate surface area is 82.5 Å². The normalized spacial score (nSPS) is 10.5. The highest BCUT2D eigenvalue weighted by Crippen LogP contribution is 2.04. The maximum absolute atomic E-state index is 5.03. The Morgan fingerprint density at radius 1 is 1.08 bits per heavy atom. The van der Waals surface area contributed by atoms with E-state index >= 15 is 0 Å². The van der Waals surface area contributed by atoms with Crippen LogP contribution in [-0.2, 0) is 4.74 Å². The number of hydrogen-bond acceptors (Lipinski definition) is 1. The van der Waals surface area contributed by atoms with E-state index in [0.29, 0.717) is 0 Å². The molecule has 76 valence electrons. The molecule has 0 atom stereocenters. The van der Waals surface area contributed by atoms with Crippen molar-refractivity contribution in [3.05, 3.63) is 25.0 Å². The van der Waals surface area contributed by atoms with Crippen LogP contribution in [0, 0.1) is 0 Å². The fourth-order valence-corrected chi connectivity index (χ4v) is 1.17. The van der Waals surface area contributed by atoms with Crippen molar-refractivity contribution >= 4 is 0 Å². The summed E-state index contributed by atoms with van der Waals surface area (Å²) >= 11 is 0. The van der Waals surface area contributed by atoms with Crippen LogP contribution >= 0.6 is 0 Å². The van der Waals surface area contributed by atoms with Crippen LogP contribution in [0.5, 0.6) is 0 Å². The van der Waals surface area contributed by atoms with Gasteiger partial charge < -0.3 is 4.74 Å². The van der Waals surface area contributed by atoms with Gasteiger partial charge in [0.2, 0.25) is 0 Å². The molecule has 1 nitrogen and oxygen atoms in total. The molecule has 0 saturated carbocycles. The standard InChI is InChI=1S/C12H22O/c1-3-5-6-7-8-9-10-11-12-13-4-2/h4-6H,2-3,7-12H2,1H3. The van der Waals surface area contributed by atoms with Gasteiger partial charge in [-0.3, -0.25) is 0 Å². The lowest BCUT2D eigenvalue weighted by atomic mass is 10.1. The van der Waals surface area contributed by atoms with Gasteiger partial charge in [-0.15, -0.1) is 0 Å². The molecule has 0 spiro atoms. The predicted molar refractivity (Wildman–Crippen MR) is 58.7 cm³/mol. The van der Waals surface area contributed by atoms with Crippen LogP contribution in [0.2, 0.25) is 0 Å². The van der Waals surface area contributed by atoms with Gasteiger partial charge in [0.25, 0.3) is 0 Å². The van der Waals surface area contributed by atoms with Gasteiger partial charge in [0.05, 0.1) is 12.9 Å². The maximum Gasteiger partial charge on any atom is 0.0873 e. The number of unbranched alkanes of at least 4 members (excludes halogenated alkanes) is 4. The first-order valence-electron chi connectivity index (χ1n) is 5.29. The van der Waals surface area contributed by atoms with E-state index in [2.05, 4.69) is 25.7 Å². The minimum Gasteiger partial charge on any atom is -0.502 e. The van der Waals surface area contributed by atoms with Crippen molar-refractivity contribution in [2.24, 2.45) is 0 Å². The Balaban J connectivity index is 2.91. The van der Waals surface area contributed by atoms with Gasteiger partial charge in [-0.05, 0) is 25.7 Å². The topological polar surface area (TPSA) is 9.23 Å². The van der Waals surface area contributed by atoms with Gasteiger partial charge in [0.1, 0.15) is 0 Å². The first kappa shape index (κ1) is 12.3. The SMILES string of the molecule is C=COCCCCCCC=CCC. The molecule has 0 aliphatic heterocycles. The van der Waals surface area contributed by atoms with Gasteiger partial charge in [-0.1, -0.05) is 38.5 Å². The minimum absolute atomic E-state index is 0.828. The van der Waals surface area contributed by atoms with E-state index in [1.165, 1.54) is 31.9 Å². The summed E-state index contributed by atoms with van der Waals surface area (Å²) in [6.07, 6.45) is 13.5. The zero-order chi connectivity index (χ0) is 9.78. The minimum atomic E-state index is 0.828. The Morgan fingerprint density at radius 2 is 1.85 bits per heavy atom. The van der Waals surface area contributed by atoms with Crippen LogP contribution in [0.25, 0.3) is 0 Å². The Morgan fingerprint density at radius 3 is 2.54 bits per heavy atom. The number of ether oxygens (including phenoxy) is 1. The monoisotopic (exact) mass is 182 g/mol.